The van der Waals surface area contributed by atoms with E-state index in [9.17, 15) is 18.3 Å². The predicted octanol–water partition coefficient (Wildman–Crippen LogP) is 3.56. The second-order valence-corrected chi connectivity index (χ2v) is 4.97. The normalized spacial score (nSPS) is 12.8. The van der Waals surface area contributed by atoms with E-state index in [1.165, 1.54) is 11.3 Å². The van der Waals surface area contributed by atoms with E-state index in [-0.39, 0.29) is 5.56 Å². The first-order valence-corrected chi connectivity index (χ1v) is 5.69. The van der Waals surface area contributed by atoms with Gasteiger partial charge in [0, 0.05) is 9.75 Å². The van der Waals surface area contributed by atoms with Crippen molar-refractivity contribution in [3.63, 3.8) is 0 Å². The van der Waals surface area contributed by atoms with E-state index >= 15 is 0 Å². The highest BCUT2D eigenvalue weighted by molar-refractivity contribution is 7.12. The molecule has 17 heavy (non-hydrogen) atoms. The van der Waals surface area contributed by atoms with Gasteiger partial charge in [0.05, 0.1) is 0 Å². The lowest BCUT2D eigenvalue weighted by Gasteiger charge is -2.09. The molecular formula is C12H9F3OS. The fraction of sp³-hybridized carbons (Fsp3) is 0.167. The zero-order chi connectivity index (χ0) is 12.6. The summed E-state index contributed by atoms with van der Waals surface area (Å²) in [6, 6.07) is 5.07. The van der Waals surface area contributed by atoms with Crippen LogP contribution in [0.3, 0.4) is 0 Å². The molecule has 0 unspecified atom stereocenters. The number of aryl methyl sites for hydroxylation is 1. The monoisotopic (exact) mass is 258 g/mol. The first kappa shape index (κ1) is 12.1. The minimum Gasteiger partial charge on any atom is -0.383 e. The van der Waals surface area contributed by atoms with E-state index < -0.39 is 23.6 Å². The van der Waals surface area contributed by atoms with Crippen LogP contribution in [-0.2, 0) is 0 Å². The summed E-state index contributed by atoms with van der Waals surface area (Å²) in [5.74, 6) is -4.12. The number of aliphatic hydroxyl groups excluding tert-OH is 1. The van der Waals surface area contributed by atoms with Gasteiger partial charge in [-0.05, 0) is 36.8 Å². The number of hydrogen-bond acceptors (Lipinski definition) is 2. The summed E-state index contributed by atoms with van der Waals surface area (Å²) in [5.41, 5.74) is 0.00301. The van der Waals surface area contributed by atoms with Crippen LogP contribution < -0.4 is 0 Å². The lowest BCUT2D eigenvalue weighted by Crippen LogP contribution is -2.01. The maximum Gasteiger partial charge on any atom is 0.194 e. The molecule has 1 aromatic carbocycles. The average Bonchev–Trinajstić information content (AvgIpc) is 2.71. The van der Waals surface area contributed by atoms with Crippen molar-refractivity contribution in [1.29, 1.82) is 0 Å². The largest absolute Gasteiger partial charge is 0.383 e. The summed E-state index contributed by atoms with van der Waals surface area (Å²) < 4.78 is 38.7. The van der Waals surface area contributed by atoms with Crippen molar-refractivity contribution in [2.75, 3.05) is 0 Å². The Bertz CT molecular complexity index is 527. The second kappa shape index (κ2) is 4.50. The lowest BCUT2D eigenvalue weighted by molar-refractivity contribution is 0.222. The summed E-state index contributed by atoms with van der Waals surface area (Å²) in [7, 11) is 0. The number of benzene rings is 1. The fourth-order valence-corrected chi connectivity index (χ4v) is 2.39. The third kappa shape index (κ3) is 2.35. The summed E-state index contributed by atoms with van der Waals surface area (Å²) in [6.45, 7) is 1.85. The number of thiophene rings is 1. The molecule has 5 heteroatoms. The molecule has 2 aromatic rings. The molecule has 1 heterocycles. The maximum atomic E-state index is 13.0. The van der Waals surface area contributed by atoms with Gasteiger partial charge in [-0.15, -0.1) is 11.3 Å². The van der Waals surface area contributed by atoms with Crippen molar-refractivity contribution in [3.8, 4) is 0 Å². The Labute approximate surface area is 100 Å². The topological polar surface area (TPSA) is 20.2 Å². The van der Waals surface area contributed by atoms with Crippen molar-refractivity contribution < 1.29 is 18.3 Å². The SMILES string of the molecule is Cc1ccc([C@@H](O)c2cc(F)c(F)c(F)c2)s1. The molecule has 0 aliphatic rings. The average molecular weight is 258 g/mol. The minimum absolute atomic E-state index is 0.00301. The van der Waals surface area contributed by atoms with Gasteiger partial charge >= 0.3 is 0 Å². The molecule has 0 saturated heterocycles. The van der Waals surface area contributed by atoms with Gasteiger partial charge in [-0.2, -0.15) is 0 Å². The molecule has 0 fully saturated rings. The first-order valence-electron chi connectivity index (χ1n) is 4.88. The third-order valence-electron chi connectivity index (χ3n) is 2.35. The quantitative estimate of drug-likeness (QED) is 0.817. The van der Waals surface area contributed by atoms with Crippen molar-refractivity contribution >= 4 is 11.3 Å². The molecule has 1 atom stereocenters. The molecule has 0 amide bonds. The van der Waals surface area contributed by atoms with Crippen molar-refractivity contribution in [3.05, 3.63) is 57.0 Å². The molecule has 0 bridgehead atoms. The molecule has 0 aliphatic heterocycles. The summed E-state index contributed by atoms with van der Waals surface area (Å²) >= 11 is 1.32. The summed E-state index contributed by atoms with van der Waals surface area (Å²) in [6.07, 6.45) is -1.14. The van der Waals surface area contributed by atoms with Crippen LogP contribution in [-0.4, -0.2) is 5.11 Å². The second-order valence-electron chi connectivity index (χ2n) is 3.65. The molecule has 1 N–H and O–H groups in total. The molecule has 2 rings (SSSR count). The van der Waals surface area contributed by atoms with Crippen molar-refractivity contribution in [1.82, 2.24) is 0 Å². The molecule has 0 spiro atoms. The fourth-order valence-electron chi connectivity index (χ4n) is 1.50. The van der Waals surface area contributed by atoms with Crippen molar-refractivity contribution in [2.24, 2.45) is 0 Å². The highest BCUT2D eigenvalue weighted by Gasteiger charge is 2.17. The van der Waals surface area contributed by atoms with Gasteiger partial charge in [-0.25, -0.2) is 13.2 Å². The molecule has 1 nitrogen and oxygen atoms in total. The molecule has 90 valence electrons. The van der Waals surface area contributed by atoms with Gasteiger partial charge in [0.25, 0.3) is 0 Å². The van der Waals surface area contributed by atoms with Crippen LogP contribution in [0.25, 0.3) is 0 Å². The van der Waals surface area contributed by atoms with Gasteiger partial charge in [0.15, 0.2) is 17.5 Å². The van der Waals surface area contributed by atoms with E-state index in [4.69, 9.17) is 0 Å². The number of hydrogen-bond donors (Lipinski definition) is 1. The minimum atomic E-state index is -1.52. The number of halogens is 3. The van der Waals surface area contributed by atoms with Gasteiger partial charge in [-0.3, -0.25) is 0 Å². The van der Waals surface area contributed by atoms with Crippen LogP contribution >= 0.6 is 11.3 Å². The molecule has 0 saturated carbocycles. The maximum absolute atomic E-state index is 13.0. The number of aliphatic hydroxyl groups is 1. The van der Waals surface area contributed by atoms with E-state index in [0.29, 0.717) is 4.88 Å². The van der Waals surface area contributed by atoms with Gasteiger partial charge in [0.2, 0.25) is 0 Å². The Kier molecular flexibility index (Phi) is 3.22. The Balaban J connectivity index is 2.41. The summed E-state index contributed by atoms with van der Waals surface area (Å²) in [5, 5.41) is 9.90. The Hall–Kier alpha value is -1.33. The molecule has 0 aliphatic carbocycles. The summed E-state index contributed by atoms with van der Waals surface area (Å²) in [4.78, 5) is 1.54. The predicted molar refractivity (Wildman–Crippen MR) is 59.4 cm³/mol. The van der Waals surface area contributed by atoms with E-state index in [1.807, 2.05) is 6.92 Å². The lowest BCUT2D eigenvalue weighted by atomic mass is 10.1. The molecular weight excluding hydrogens is 249 g/mol. The van der Waals surface area contributed by atoms with Gasteiger partial charge in [-0.1, -0.05) is 0 Å². The Morgan fingerprint density at radius 2 is 1.71 bits per heavy atom. The van der Waals surface area contributed by atoms with Crippen LogP contribution in [0.2, 0.25) is 0 Å². The number of rotatable bonds is 2. The van der Waals surface area contributed by atoms with Crippen LogP contribution in [0.1, 0.15) is 21.4 Å². The van der Waals surface area contributed by atoms with Gasteiger partial charge in [0.1, 0.15) is 6.10 Å². The van der Waals surface area contributed by atoms with E-state index in [0.717, 1.165) is 17.0 Å². The molecule has 1 aromatic heterocycles. The zero-order valence-electron chi connectivity index (χ0n) is 8.88. The zero-order valence-corrected chi connectivity index (χ0v) is 9.69. The smallest absolute Gasteiger partial charge is 0.194 e. The highest BCUT2D eigenvalue weighted by Crippen LogP contribution is 2.29. The standard InChI is InChI=1S/C12H9F3OS/c1-6-2-3-10(17-6)12(16)7-4-8(13)11(15)9(14)5-7/h2-5,12,16H,1H3/t12-/m0/s1. The van der Waals surface area contributed by atoms with Crippen LogP contribution in [0.15, 0.2) is 24.3 Å². The van der Waals surface area contributed by atoms with Crippen molar-refractivity contribution in [2.45, 2.75) is 13.0 Å². The van der Waals surface area contributed by atoms with E-state index in [1.54, 1.807) is 12.1 Å². The Morgan fingerprint density at radius 3 is 2.18 bits per heavy atom. The Morgan fingerprint density at radius 1 is 1.12 bits per heavy atom. The van der Waals surface area contributed by atoms with Crippen LogP contribution in [0.5, 0.6) is 0 Å². The van der Waals surface area contributed by atoms with Crippen LogP contribution in [0.4, 0.5) is 13.2 Å². The third-order valence-corrected chi connectivity index (χ3v) is 3.41. The highest BCUT2D eigenvalue weighted by atomic mass is 32.1. The first-order chi connectivity index (χ1) is 7.99. The van der Waals surface area contributed by atoms with E-state index in [2.05, 4.69) is 0 Å². The molecule has 0 radical (unpaired) electrons. The van der Waals surface area contributed by atoms with Gasteiger partial charge < -0.3 is 5.11 Å². The van der Waals surface area contributed by atoms with Crippen LogP contribution in [0, 0.1) is 24.4 Å².